The summed E-state index contributed by atoms with van der Waals surface area (Å²) in [4.78, 5) is 25.8. The van der Waals surface area contributed by atoms with Crippen molar-refractivity contribution in [3.8, 4) is 0 Å². The number of carbonyl (C=O) groups is 2. The predicted octanol–water partition coefficient (Wildman–Crippen LogP) is 5.08. The summed E-state index contributed by atoms with van der Waals surface area (Å²) in [5.41, 5.74) is 3.34. The van der Waals surface area contributed by atoms with Gasteiger partial charge in [0, 0.05) is 0 Å². The number of ether oxygens (including phenoxy) is 2. The van der Waals surface area contributed by atoms with E-state index in [-0.39, 0.29) is 13.2 Å². The molecule has 0 aliphatic heterocycles. The molecule has 0 N–H and O–H groups in total. The highest BCUT2D eigenvalue weighted by Gasteiger charge is 2.23. The van der Waals surface area contributed by atoms with E-state index in [1.807, 2.05) is 74.5 Å². The monoisotopic (exact) mass is 380 g/mol. The standard InChI is InChI=1S/C22H20O4S/c1-15-16(2)20(22(24)26-14-18-11-7-4-8-12-18)27-19(15)21(23)25-13-17-9-5-3-6-10-17/h3-12H,13-14H2,1-2H3. The van der Waals surface area contributed by atoms with Gasteiger partial charge in [0.05, 0.1) is 0 Å². The maximum atomic E-state index is 12.4. The molecule has 0 aliphatic carbocycles. The second-order valence-corrected chi connectivity index (χ2v) is 7.15. The molecule has 4 nitrogen and oxygen atoms in total. The lowest BCUT2D eigenvalue weighted by Gasteiger charge is -2.04. The first-order valence-electron chi connectivity index (χ1n) is 8.58. The Kier molecular flexibility index (Phi) is 6.04. The number of esters is 2. The minimum absolute atomic E-state index is 0.198. The molecule has 1 aromatic heterocycles. The molecule has 0 unspecified atom stereocenters. The van der Waals surface area contributed by atoms with Gasteiger partial charge in [-0.2, -0.15) is 0 Å². The molecule has 5 heteroatoms. The smallest absolute Gasteiger partial charge is 0.348 e. The van der Waals surface area contributed by atoms with Crippen LogP contribution in [0.4, 0.5) is 0 Å². The topological polar surface area (TPSA) is 52.6 Å². The van der Waals surface area contributed by atoms with Crippen LogP contribution in [0.15, 0.2) is 60.7 Å². The molecule has 0 bridgehead atoms. The molecule has 138 valence electrons. The maximum Gasteiger partial charge on any atom is 0.348 e. The fourth-order valence-corrected chi connectivity index (χ4v) is 3.66. The van der Waals surface area contributed by atoms with Crippen LogP contribution in [0.3, 0.4) is 0 Å². The fourth-order valence-electron chi connectivity index (χ4n) is 2.56. The first-order chi connectivity index (χ1) is 13.1. The first kappa shape index (κ1) is 18.9. The highest BCUT2D eigenvalue weighted by atomic mass is 32.1. The van der Waals surface area contributed by atoms with E-state index in [1.165, 1.54) is 0 Å². The fraction of sp³-hybridized carbons (Fsp3) is 0.182. The number of benzene rings is 2. The van der Waals surface area contributed by atoms with Crippen LogP contribution in [-0.4, -0.2) is 11.9 Å². The van der Waals surface area contributed by atoms with Crippen LogP contribution in [0.25, 0.3) is 0 Å². The molecule has 0 saturated carbocycles. The summed E-state index contributed by atoms with van der Waals surface area (Å²) in [6.07, 6.45) is 0. The second-order valence-electron chi connectivity index (χ2n) is 6.13. The quantitative estimate of drug-likeness (QED) is 0.560. The van der Waals surface area contributed by atoms with Gasteiger partial charge in [-0.15, -0.1) is 11.3 Å². The highest BCUT2D eigenvalue weighted by Crippen LogP contribution is 2.29. The number of hydrogen-bond acceptors (Lipinski definition) is 5. The molecule has 0 radical (unpaired) electrons. The molecule has 0 saturated heterocycles. The van der Waals surface area contributed by atoms with E-state index < -0.39 is 11.9 Å². The molecule has 0 aliphatic rings. The Morgan fingerprint density at radius 3 is 1.44 bits per heavy atom. The van der Waals surface area contributed by atoms with Crippen LogP contribution >= 0.6 is 11.3 Å². The Hall–Kier alpha value is -2.92. The van der Waals surface area contributed by atoms with Gasteiger partial charge in [0.1, 0.15) is 23.0 Å². The van der Waals surface area contributed by atoms with Crippen molar-refractivity contribution in [3.63, 3.8) is 0 Å². The van der Waals surface area contributed by atoms with E-state index >= 15 is 0 Å². The molecule has 3 aromatic rings. The molecule has 2 aromatic carbocycles. The Morgan fingerprint density at radius 2 is 1.07 bits per heavy atom. The van der Waals surface area contributed by atoms with Gasteiger partial charge >= 0.3 is 11.9 Å². The van der Waals surface area contributed by atoms with Gasteiger partial charge in [0.2, 0.25) is 0 Å². The van der Waals surface area contributed by atoms with Crippen molar-refractivity contribution in [3.05, 3.63) is 92.7 Å². The van der Waals surface area contributed by atoms with Crippen LogP contribution in [-0.2, 0) is 22.7 Å². The minimum Gasteiger partial charge on any atom is -0.457 e. The minimum atomic E-state index is -0.424. The van der Waals surface area contributed by atoms with Crippen LogP contribution in [0.2, 0.25) is 0 Å². The normalized spacial score (nSPS) is 10.4. The number of rotatable bonds is 6. The van der Waals surface area contributed by atoms with Crippen molar-refractivity contribution in [1.29, 1.82) is 0 Å². The predicted molar refractivity (Wildman–Crippen MR) is 105 cm³/mol. The van der Waals surface area contributed by atoms with Crippen LogP contribution in [0, 0.1) is 13.8 Å². The largest absolute Gasteiger partial charge is 0.457 e. The van der Waals surface area contributed by atoms with Crippen molar-refractivity contribution < 1.29 is 19.1 Å². The van der Waals surface area contributed by atoms with Crippen LogP contribution in [0.5, 0.6) is 0 Å². The summed E-state index contributed by atoms with van der Waals surface area (Å²) in [5.74, 6) is -0.849. The zero-order valence-electron chi connectivity index (χ0n) is 15.2. The maximum absolute atomic E-state index is 12.4. The average Bonchev–Trinajstić information content (AvgIpc) is 3.01. The second kappa shape index (κ2) is 8.64. The lowest BCUT2D eigenvalue weighted by molar-refractivity contribution is 0.0470. The summed E-state index contributed by atoms with van der Waals surface area (Å²) in [5, 5.41) is 0. The van der Waals surface area contributed by atoms with E-state index in [0.717, 1.165) is 33.6 Å². The van der Waals surface area contributed by atoms with E-state index in [9.17, 15) is 9.59 Å². The van der Waals surface area contributed by atoms with E-state index in [1.54, 1.807) is 0 Å². The summed E-state index contributed by atoms with van der Waals surface area (Å²) >= 11 is 1.12. The van der Waals surface area contributed by atoms with Gasteiger partial charge < -0.3 is 9.47 Å². The van der Waals surface area contributed by atoms with Crippen LogP contribution in [0.1, 0.15) is 41.6 Å². The van der Waals surface area contributed by atoms with Crippen molar-refractivity contribution in [2.24, 2.45) is 0 Å². The molecule has 0 atom stereocenters. The number of carbonyl (C=O) groups excluding carboxylic acids is 2. The summed E-state index contributed by atoms with van der Waals surface area (Å²) in [7, 11) is 0. The highest BCUT2D eigenvalue weighted by molar-refractivity contribution is 7.16. The van der Waals surface area contributed by atoms with Crippen molar-refractivity contribution in [2.45, 2.75) is 27.1 Å². The van der Waals surface area contributed by atoms with Gasteiger partial charge in [0.25, 0.3) is 0 Å². The van der Waals surface area contributed by atoms with E-state index in [0.29, 0.717) is 9.75 Å². The average molecular weight is 380 g/mol. The Morgan fingerprint density at radius 1 is 0.704 bits per heavy atom. The van der Waals surface area contributed by atoms with Gasteiger partial charge in [0.15, 0.2) is 0 Å². The van der Waals surface area contributed by atoms with Gasteiger partial charge in [-0.3, -0.25) is 0 Å². The van der Waals surface area contributed by atoms with E-state index in [4.69, 9.17) is 9.47 Å². The molecular weight excluding hydrogens is 360 g/mol. The number of thiophene rings is 1. The molecule has 0 amide bonds. The molecular formula is C22H20O4S. The lowest BCUT2D eigenvalue weighted by atomic mass is 10.1. The van der Waals surface area contributed by atoms with Crippen molar-refractivity contribution in [2.75, 3.05) is 0 Å². The van der Waals surface area contributed by atoms with Crippen LogP contribution < -0.4 is 0 Å². The first-order valence-corrected chi connectivity index (χ1v) is 9.40. The Bertz CT molecular complexity index is 854. The Labute approximate surface area is 162 Å². The molecule has 27 heavy (non-hydrogen) atoms. The summed E-state index contributed by atoms with van der Waals surface area (Å²) in [6, 6.07) is 19.0. The van der Waals surface area contributed by atoms with Gasteiger partial charge in [-0.25, -0.2) is 9.59 Å². The SMILES string of the molecule is Cc1c(C(=O)OCc2ccccc2)sc(C(=O)OCc2ccccc2)c1C. The molecule has 0 fully saturated rings. The van der Waals surface area contributed by atoms with Crippen molar-refractivity contribution >= 4 is 23.3 Å². The molecule has 1 heterocycles. The molecule has 0 spiro atoms. The summed E-state index contributed by atoms with van der Waals surface area (Å²) in [6.45, 7) is 4.03. The zero-order chi connectivity index (χ0) is 19.2. The molecule has 3 rings (SSSR count). The Balaban J connectivity index is 1.67. The third-order valence-corrected chi connectivity index (χ3v) is 5.60. The van der Waals surface area contributed by atoms with E-state index in [2.05, 4.69) is 0 Å². The third kappa shape index (κ3) is 4.63. The van der Waals surface area contributed by atoms with Crippen molar-refractivity contribution in [1.82, 2.24) is 0 Å². The van der Waals surface area contributed by atoms with Gasteiger partial charge in [-0.1, -0.05) is 60.7 Å². The summed E-state index contributed by atoms with van der Waals surface area (Å²) < 4.78 is 10.8. The third-order valence-electron chi connectivity index (χ3n) is 4.24. The van der Waals surface area contributed by atoms with Gasteiger partial charge in [-0.05, 0) is 36.1 Å². The number of hydrogen-bond donors (Lipinski definition) is 0. The lowest BCUT2D eigenvalue weighted by Crippen LogP contribution is -2.04. The zero-order valence-corrected chi connectivity index (χ0v) is 16.0.